The van der Waals surface area contributed by atoms with Crippen molar-refractivity contribution < 1.29 is 14.0 Å². The Bertz CT molecular complexity index is 792. The van der Waals surface area contributed by atoms with Gasteiger partial charge in [-0.05, 0) is 55.8 Å². The summed E-state index contributed by atoms with van der Waals surface area (Å²) < 4.78 is 5.32. The van der Waals surface area contributed by atoms with E-state index in [1.54, 1.807) is 23.5 Å². The second-order valence-corrected chi connectivity index (χ2v) is 8.91. The number of ketones is 1. The number of nitrogens with one attached hydrogen (secondary N) is 1. The predicted molar refractivity (Wildman–Crippen MR) is 105 cm³/mol. The zero-order chi connectivity index (χ0) is 17.9. The van der Waals surface area contributed by atoms with Crippen molar-refractivity contribution in [3.8, 4) is 0 Å². The Balaban J connectivity index is 1.57. The lowest BCUT2D eigenvalue weighted by Gasteiger charge is -2.25. The van der Waals surface area contributed by atoms with Crippen LogP contribution in [0.25, 0.3) is 0 Å². The summed E-state index contributed by atoms with van der Waals surface area (Å²) in [5.41, 5.74) is 1.72. The summed E-state index contributed by atoms with van der Waals surface area (Å²) in [6.07, 6.45) is 5.92. The molecule has 1 amide bonds. The molecule has 2 aromatic heterocycles. The third kappa shape index (κ3) is 3.75. The molecular weight excluding hydrogens is 368 g/mol. The molecule has 1 fully saturated rings. The van der Waals surface area contributed by atoms with Gasteiger partial charge in [0.25, 0.3) is 0 Å². The normalized spacial score (nSPS) is 17.7. The molecule has 4 heterocycles. The molecule has 1 saturated heterocycles. The van der Waals surface area contributed by atoms with Gasteiger partial charge in [-0.1, -0.05) is 6.42 Å². The standard InChI is InChI=1S/C19H22N2O3S2/c22-16(11-21-7-2-1-3-8-21)20-19-17(18(23)14-5-4-9-24-14)13-6-10-25-12-15(13)26-19/h4-5,9H,1-3,6-8,10-12H2,(H,20,22). The van der Waals surface area contributed by atoms with Crippen LogP contribution in [0.15, 0.2) is 22.8 Å². The highest BCUT2D eigenvalue weighted by Crippen LogP contribution is 2.40. The van der Waals surface area contributed by atoms with Gasteiger partial charge >= 0.3 is 0 Å². The maximum absolute atomic E-state index is 13.0. The van der Waals surface area contributed by atoms with Gasteiger partial charge in [0.1, 0.15) is 5.00 Å². The highest BCUT2D eigenvalue weighted by molar-refractivity contribution is 7.98. The minimum absolute atomic E-state index is 0.0355. The Hall–Kier alpha value is -1.57. The van der Waals surface area contributed by atoms with E-state index < -0.39 is 0 Å². The second-order valence-electron chi connectivity index (χ2n) is 6.70. The van der Waals surface area contributed by atoms with E-state index >= 15 is 0 Å². The largest absolute Gasteiger partial charge is 0.461 e. The molecule has 138 valence electrons. The van der Waals surface area contributed by atoms with Gasteiger partial charge in [-0.15, -0.1) is 11.3 Å². The summed E-state index contributed by atoms with van der Waals surface area (Å²) in [6, 6.07) is 3.40. The van der Waals surface area contributed by atoms with Crippen LogP contribution >= 0.6 is 23.1 Å². The molecule has 4 rings (SSSR count). The van der Waals surface area contributed by atoms with Gasteiger partial charge in [-0.3, -0.25) is 14.5 Å². The Morgan fingerprint density at radius 1 is 1.23 bits per heavy atom. The molecule has 5 nitrogen and oxygen atoms in total. The first kappa shape index (κ1) is 17.8. The quantitative estimate of drug-likeness (QED) is 0.787. The van der Waals surface area contributed by atoms with Crippen LogP contribution in [0.2, 0.25) is 0 Å². The lowest BCUT2D eigenvalue weighted by atomic mass is 10.0. The van der Waals surface area contributed by atoms with Crippen LogP contribution in [0.5, 0.6) is 0 Å². The van der Waals surface area contributed by atoms with Gasteiger partial charge in [-0.25, -0.2) is 0 Å². The van der Waals surface area contributed by atoms with Gasteiger partial charge in [0, 0.05) is 10.6 Å². The number of furan rings is 1. The Morgan fingerprint density at radius 3 is 2.85 bits per heavy atom. The minimum atomic E-state index is -0.132. The number of likely N-dealkylation sites (tertiary alicyclic amines) is 1. The van der Waals surface area contributed by atoms with E-state index in [4.69, 9.17) is 4.42 Å². The van der Waals surface area contributed by atoms with Gasteiger partial charge in [0.15, 0.2) is 5.76 Å². The minimum Gasteiger partial charge on any atom is -0.461 e. The lowest BCUT2D eigenvalue weighted by molar-refractivity contribution is -0.117. The topological polar surface area (TPSA) is 62.6 Å². The zero-order valence-electron chi connectivity index (χ0n) is 14.6. The van der Waals surface area contributed by atoms with Gasteiger partial charge in [-0.2, -0.15) is 11.8 Å². The first-order valence-electron chi connectivity index (χ1n) is 9.05. The molecular formula is C19H22N2O3S2. The van der Waals surface area contributed by atoms with Crippen molar-refractivity contribution in [2.45, 2.75) is 31.4 Å². The van der Waals surface area contributed by atoms with Crippen molar-refractivity contribution in [3.05, 3.63) is 40.2 Å². The average molecular weight is 391 g/mol. The molecule has 0 saturated carbocycles. The number of anilines is 1. The number of hydrogen-bond donors (Lipinski definition) is 1. The zero-order valence-corrected chi connectivity index (χ0v) is 16.2. The smallest absolute Gasteiger partial charge is 0.239 e. The number of fused-ring (bicyclic) bond motifs is 1. The van der Waals surface area contributed by atoms with E-state index in [2.05, 4.69) is 10.2 Å². The molecule has 2 aliphatic heterocycles. The summed E-state index contributed by atoms with van der Waals surface area (Å²) in [5, 5.41) is 3.71. The predicted octanol–water partition coefficient (Wildman–Crippen LogP) is 3.79. The summed E-state index contributed by atoms with van der Waals surface area (Å²) >= 11 is 3.42. The SMILES string of the molecule is O=C(CN1CCCCC1)Nc1sc2c(c1C(=O)c1ccco1)CCSC2. The highest BCUT2D eigenvalue weighted by atomic mass is 32.2. The molecule has 0 aromatic carbocycles. The van der Waals surface area contributed by atoms with Gasteiger partial charge < -0.3 is 9.73 Å². The maximum atomic E-state index is 13.0. The van der Waals surface area contributed by atoms with Crippen molar-refractivity contribution in [1.29, 1.82) is 0 Å². The first-order valence-corrected chi connectivity index (χ1v) is 11.0. The molecule has 0 atom stereocenters. The van der Waals surface area contributed by atoms with Gasteiger partial charge in [0.2, 0.25) is 11.7 Å². The van der Waals surface area contributed by atoms with Crippen LogP contribution in [-0.2, 0) is 17.0 Å². The number of hydrogen-bond acceptors (Lipinski definition) is 6. The fourth-order valence-corrected chi connectivity index (χ4v) is 5.97. The number of rotatable bonds is 5. The van der Waals surface area contributed by atoms with Crippen LogP contribution in [-0.4, -0.2) is 42.0 Å². The molecule has 0 aliphatic carbocycles. The molecule has 0 radical (unpaired) electrons. The number of thiophene rings is 1. The summed E-state index contributed by atoms with van der Waals surface area (Å²) in [4.78, 5) is 28.9. The number of amides is 1. The number of carbonyl (C=O) groups excluding carboxylic acids is 2. The molecule has 26 heavy (non-hydrogen) atoms. The third-order valence-corrected chi connectivity index (χ3v) is 7.18. The van der Waals surface area contributed by atoms with Crippen LogP contribution in [0.3, 0.4) is 0 Å². The fraction of sp³-hybridized carbons (Fsp3) is 0.474. The van der Waals surface area contributed by atoms with E-state index in [0.29, 0.717) is 22.9 Å². The summed E-state index contributed by atoms with van der Waals surface area (Å²) in [6.45, 7) is 2.35. The third-order valence-electron chi connectivity index (χ3n) is 4.86. The molecule has 1 N–H and O–H groups in total. The van der Waals surface area contributed by atoms with Crippen LogP contribution in [0, 0.1) is 0 Å². The molecule has 0 unspecified atom stereocenters. The van der Waals surface area contributed by atoms with E-state index in [-0.39, 0.29) is 11.7 Å². The number of nitrogens with zero attached hydrogens (tertiary/aromatic N) is 1. The van der Waals surface area contributed by atoms with Crippen molar-refractivity contribution in [2.75, 3.05) is 30.7 Å². The van der Waals surface area contributed by atoms with Crippen molar-refractivity contribution >= 4 is 39.8 Å². The number of carbonyl (C=O) groups is 2. The summed E-state index contributed by atoms with van der Waals surface area (Å²) in [5.74, 6) is 2.07. The van der Waals surface area contributed by atoms with Gasteiger partial charge in [0.05, 0.1) is 18.4 Å². The van der Waals surface area contributed by atoms with Crippen molar-refractivity contribution in [1.82, 2.24) is 4.90 Å². The molecule has 7 heteroatoms. The summed E-state index contributed by atoms with van der Waals surface area (Å²) in [7, 11) is 0. The highest BCUT2D eigenvalue weighted by Gasteiger charge is 2.28. The lowest BCUT2D eigenvalue weighted by Crippen LogP contribution is -2.36. The van der Waals surface area contributed by atoms with E-state index in [1.165, 1.54) is 17.6 Å². The second kappa shape index (κ2) is 7.98. The molecule has 2 aromatic rings. The molecule has 0 spiro atoms. The van der Waals surface area contributed by atoms with Crippen molar-refractivity contribution in [2.24, 2.45) is 0 Å². The Labute approximate surface area is 161 Å². The van der Waals surface area contributed by atoms with E-state index in [1.807, 2.05) is 11.8 Å². The van der Waals surface area contributed by atoms with Crippen LogP contribution < -0.4 is 5.32 Å². The average Bonchev–Trinajstić information content (AvgIpc) is 3.29. The van der Waals surface area contributed by atoms with E-state index in [0.717, 1.165) is 49.4 Å². The molecule has 0 bridgehead atoms. The number of piperidine rings is 1. The Morgan fingerprint density at radius 2 is 2.08 bits per heavy atom. The fourth-order valence-electron chi connectivity index (χ4n) is 3.58. The first-order chi connectivity index (χ1) is 12.7. The van der Waals surface area contributed by atoms with Crippen molar-refractivity contribution in [3.63, 3.8) is 0 Å². The van der Waals surface area contributed by atoms with Crippen LogP contribution in [0.1, 0.15) is 45.8 Å². The maximum Gasteiger partial charge on any atom is 0.239 e. The van der Waals surface area contributed by atoms with Crippen LogP contribution in [0.4, 0.5) is 5.00 Å². The Kier molecular flexibility index (Phi) is 5.47. The monoisotopic (exact) mass is 390 g/mol. The number of thioether (sulfide) groups is 1. The molecule has 2 aliphatic rings. The van der Waals surface area contributed by atoms with E-state index in [9.17, 15) is 9.59 Å².